The molecule has 2 N–H and O–H groups in total. The normalized spacial score (nSPS) is 22.9. The van der Waals surface area contributed by atoms with Gasteiger partial charge in [-0.15, -0.1) is 0 Å². The molecule has 2 fully saturated rings. The molecule has 1 aromatic rings. The van der Waals surface area contributed by atoms with E-state index in [1.54, 1.807) is 0 Å². The summed E-state index contributed by atoms with van der Waals surface area (Å²) in [7, 11) is 0. The third-order valence-corrected chi connectivity index (χ3v) is 3.52. The number of carbonyl (C=O) groups excluding carboxylic acids is 1. The van der Waals surface area contributed by atoms with E-state index in [4.69, 9.17) is 0 Å². The Balaban J connectivity index is 1.50. The van der Waals surface area contributed by atoms with Crippen molar-refractivity contribution in [3.8, 4) is 0 Å². The Labute approximate surface area is 107 Å². The van der Waals surface area contributed by atoms with E-state index in [0.717, 1.165) is 38.0 Å². The van der Waals surface area contributed by atoms with E-state index in [2.05, 4.69) is 22.8 Å². The average Bonchev–Trinajstić information content (AvgIpc) is 3.07. The highest BCUT2D eigenvalue weighted by Gasteiger charge is 2.30. The van der Waals surface area contributed by atoms with Crippen molar-refractivity contribution in [3.63, 3.8) is 0 Å². The molecule has 0 unspecified atom stereocenters. The quantitative estimate of drug-likeness (QED) is 0.856. The zero-order valence-electron chi connectivity index (χ0n) is 10.4. The van der Waals surface area contributed by atoms with Gasteiger partial charge in [-0.05, 0) is 31.4 Å². The molecule has 1 heterocycles. The van der Waals surface area contributed by atoms with E-state index in [0.29, 0.717) is 12.1 Å². The molecule has 3 rings (SSSR count). The zero-order valence-corrected chi connectivity index (χ0v) is 10.4. The Morgan fingerprint density at radius 1 is 1.11 bits per heavy atom. The van der Waals surface area contributed by atoms with Gasteiger partial charge in [0.25, 0.3) is 0 Å². The molecule has 0 bridgehead atoms. The summed E-state index contributed by atoms with van der Waals surface area (Å²) in [6, 6.07) is 11.1. The van der Waals surface area contributed by atoms with Crippen LogP contribution in [0.1, 0.15) is 19.3 Å². The summed E-state index contributed by atoms with van der Waals surface area (Å²) in [5.74, 6) is 0. The van der Waals surface area contributed by atoms with E-state index >= 15 is 0 Å². The predicted molar refractivity (Wildman–Crippen MR) is 71.6 cm³/mol. The van der Waals surface area contributed by atoms with Crippen molar-refractivity contribution in [2.45, 2.75) is 31.3 Å². The summed E-state index contributed by atoms with van der Waals surface area (Å²) in [6.45, 7) is 1.65. The number of nitrogens with zero attached hydrogens (tertiary/aromatic N) is 1. The minimum atomic E-state index is 0.106. The van der Waals surface area contributed by atoms with Crippen molar-refractivity contribution < 1.29 is 4.79 Å². The first-order valence-corrected chi connectivity index (χ1v) is 6.68. The van der Waals surface area contributed by atoms with Crippen molar-refractivity contribution in [2.75, 3.05) is 18.4 Å². The maximum Gasteiger partial charge on any atom is 0.317 e. The van der Waals surface area contributed by atoms with E-state index in [1.807, 2.05) is 23.1 Å². The molecule has 1 saturated carbocycles. The van der Waals surface area contributed by atoms with Gasteiger partial charge in [0.1, 0.15) is 0 Å². The first kappa shape index (κ1) is 11.4. The van der Waals surface area contributed by atoms with E-state index < -0.39 is 0 Å². The number of nitrogens with one attached hydrogen (secondary N) is 2. The van der Waals surface area contributed by atoms with Crippen LogP contribution >= 0.6 is 0 Å². The van der Waals surface area contributed by atoms with Gasteiger partial charge in [0.2, 0.25) is 0 Å². The van der Waals surface area contributed by atoms with Crippen LogP contribution in [0.4, 0.5) is 10.5 Å². The number of carbonyl (C=O) groups is 1. The molecule has 2 amide bonds. The maximum absolute atomic E-state index is 11.9. The SMILES string of the molecule is O=C(NC1CC1)N1CC[C@H](Nc2ccccc2)C1. The van der Waals surface area contributed by atoms with Crippen LogP contribution in [0, 0.1) is 0 Å². The topological polar surface area (TPSA) is 44.4 Å². The number of anilines is 1. The predicted octanol–water partition coefficient (Wildman–Crippen LogP) is 2.04. The molecular weight excluding hydrogens is 226 g/mol. The first-order chi connectivity index (χ1) is 8.81. The fourth-order valence-electron chi connectivity index (χ4n) is 2.33. The average molecular weight is 245 g/mol. The standard InChI is InChI=1S/C14H19N3O/c18-14(16-12-6-7-12)17-9-8-13(10-17)15-11-4-2-1-3-5-11/h1-5,12-13,15H,6-10H2,(H,16,18)/t13-/m0/s1. The van der Waals surface area contributed by atoms with Gasteiger partial charge in [0, 0.05) is 30.9 Å². The van der Waals surface area contributed by atoms with Gasteiger partial charge in [-0.3, -0.25) is 0 Å². The maximum atomic E-state index is 11.9. The van der Waals surface area contributed by atoms with Crippen LogP contribution in [0.15, 0.2) is 30.3 Å². The summed E-state index contributed by atoms with van der Waals surface area (Å²) >= 11 is 0. The lowest BCUT2D eigenvalue weighted by Gasteiger charge is -2.18. The highest BCUT2D eigenvalue weighted by Crippen LogP contribution is 2.20. The van der Waals surface area contributed by atoms with E-state index in [9.17, 15) is 4.79 Å². The van der Waals surface area contributed by atoms with Gasteiger partial charge in [0.15, 0.2) is 0 Å². The summed E-state index contributed by atoms with van der Waals surface area (Å²) in [6.07, 6.45) is 3.31. The van der Waals surface area contributed by atoms with E-state index in [-0.39, 0.29) is 6.03 Å². The lowest BCUT2D eigenvalue weighted by atomic mass is 10.2. The Bertz CT molecular complexity index is 416. The molecule has 1 saturated heterocycles. The molecule has 0 spiro atoms. The number of urea groups is 1. The molecule has 2 aliphatic rings. The first-order valence-electron chi connectivity index (χ1n) is 6.68. The number of hydrogen-bond acceptors (Lipinski definition) is 2. The monoisotopic (exact) mass is 245 g/mol. The minimum Gasteiger partial charge on any atom is -0.380 e. The van der Waals surface area contributed by atoms with Crippen molar-refractivity contribution in [1.29, 1.82) is 0 Å². The van der Waals surface area contributed by atoms with Gasteiger partial charge >= 0.3 is 6.03 Å². The van der Waals surface area contributed by atoms with Crippen LogP contribution in [0.2, 0.25) is 0 Å². The molecule has 4 heteroatoms. The molecule has 18 heavy (non-hydrogen) atoms. The summed E-state index contributed by atoms with van der Waals surface area (Å²) in [5, 5.41) is 6.51. The second-order valence-electron chi connectivity index (χ2n) is 5.17. The molecule has 96 valence electrons. The molecule has 4 nitrogen and oxygen atoms in total. The highest BCUT2D eigenvalue weighted by atomic mass is 16.2. The fourth-order valence-corrected chi connectivity index (χ4v) is 2.33. The minimum absolute atomic E-state index is 0.106. The van der Waals surface area contributed by atoms with Crippen LogP contribution in [0.5, 0.6) is 0 Å². The summed E-state index contributed by atoms with van der Waals surface area (Å²) in [4.78, 5) is 13.8. The third kappa shape index (κ3) is 2.75. The largest absolute Gasteiger partial charge is 0.380 e. The molecule has 0 aromatic heterocycles. The van der Waals surface area contributed by atoms with Crippen molar-refractivity contribution >= 4 is 11.7 Å². The number of likely N-dealkylation sites (tertiary alicyclic amines) is 1. The molecule has 1 atom stereocenters. The van der Waals surface area contributed by atoms with Crippen molar-refractivity contribution in [2.24, 2.45) is 0 Å². The Morgan fingerprint density at radius 3 is 2.61 bits per heavy atom. The van der Waals surface area contributed by atoms with Crippen molar-refractivity contribution in [1.82, 2.24) is 10.2 Å². The lowest BCUT2D eigenvalue weighted by molar-refractivity contribution is 0.208. The molecule has 1 aromatic carbocycles. The number of benzene rings is 1. The molecule has 0 radical (unpaired) electrons. The van der Waals surface area contributed by atoms with Gasteiger partial charge < -0.3 is 15.5 Å². The zero-order chi connectivity index (χ0) is 12.4. The van der Waals surface area contributed by atoms with Crippen LogP contribution in [0.25, 0.3) is 0 Å². The Morgan fingerprint density at radius 2 is 1.89 bits per heavy atom. The number of para-hydroxylation sites is 1. The van der Waals surface area contributed by atoms with Crippen molar-refractivity contribution in [3.05, 3.63) is 30.3 Å². The van der Waals surface area contributed by atoms with Crippen LogP contribution in [-0.2, 0) is 0 Å². The van der Waals surface area contributed by atoms with Gasteiger partial charge in [0.05, 0.1) is 0 Å². The van der Waals surface area contributed by atoms with Gasteiger partial charge in [-0.1, -0.05) is 18.2 Å². The summed E-state index contributed by atoms with van der Waals surface area (Å²) < 4.78 is 0. The van der Waals surface area contributed by atoms with Crippen LogP contribution in [0.3, 0.4) is 0 Å². The highest BCUT2D eigenvalue weighted by molar-refractivity contribution is 5.75. The third-order valence-electron chi connectivity index (χ3n) is 3.52. The van der Waals surface area contributed by atoms with Gasteiger partial charge in [-0.2, -0.15) is 0 Å². The van der Waals surface area contributed by atoms with Crippen LogP contribution in [-0.4, -0.2) is 36.1 Å². The smallest absolute Gasteiger partial charge is 0.317 e. The Hall–Kier alpha value is -1.71. The lowest BCUT2D eigenvalue weighted by Crippen LogP contribution is -2.40. The fraction of sp³-hybridized carbons (Fsp3) is 0.500. The molecule has 1 aliphatic heterocycles. The Kier molecular flexibility index (Phi) is 3.09. The van der Waals surface area contributed by atoms with E-state index in [1.165, 1.54) is 0 Å². The molecule has 1 aliphatic carbocycles. The molecular formula is C14H19N3O. The number of hydrogen-bond donors (Lipinski definition) is 2. The van der Waals surface area contributed by atoms with Crippen LogP contribution < -0.4 is 10.6 Å². The second-order valence-corrected chi connectivity index (χ2v) is 5.17. The number of rotatable bonds is 3. The summed E-state index contributed by atoms with van der Waals surface area (Å²) in [5.41, 5.74) is 1.13. The van der Waals surface area contributed by atoms with Gasteiger partial charge in [-0.25, -0.2) is 4.79 Å². The number of amides is 2. The second kappa shape index (κ2) is 4.88.